The standard InChI is InChI=1S/C12H10ClF2NO/c1-6-2-3-17-12(6)11(16)7-4-9(14)10(15)5-8(7)13/h2-5,11H,16H2,1H3. The van der Waals surface area contributed by atoms with Gasteiger partial charge in [0.2, 0.25) is 0 Å². The van der Waals surface area contributed by atoms with Crippen LogP contribution in [0.25, 0.3) is 0 Å². The molecule has 17 heavy (non-hydrogen) atoms. The van der Waals surface area contributed by atoms with Crippen LogP contribution in [0.15, 0.2) is 28.9 Å². The van der Waals surface area contributed by atoms with E-state index in [0.29, 0.717) is 11.3 Å². The molecule has 0 amide bonds. The number of hydrogen-bond acceptors (Lipinski definition) is 2. The summed E-state index contributed by atoms with van der Waals surface area (Å²) in [6.07, 6.45) is 1.48. The highest BCUT2D eigenvalue weighted by atomic mass is 35.5. The number of aryl methyl sites for hydroxylation is 1. The van der Waals surface area contributed by atoms with Crippen molar-refractivity contribution < 1.29 is 13.2 Å². The Balaban J connectivity index is 2.48. The summed E-state index contributed by atoms with van der Waals surface area (Å²) in [4.78, 5) is 0. The van der Waals surface area contributed by atoms with Gasteiger partial charge in [-0.05, 0) is 36.2 Å². The first kappa shape index (κ1) is 12.1. The molecule has 5 heteroatoms. The second-order valence-corrected chi connectivity index (χ2v) is 4.14. The molecular formula is C12H10ClF2NO. The van der Waals surface area contributed by atoms with E-state index >= 15 is 0 Å². The zero-order valence-electron chi connectivity index (χ0n) is 9.01. The van der Waals surface area contributed by atoms with Crippen molar-refractivity contribution in [2.24, 2.45) is 5.73 Å². The molecule has 1 heterocycles. The number of benzene rings is 1. The first-order valence-electron chi connectivity index (χ1n) is 4.94. The van der Waals surface area contributed by atoms with Gasteiger partial charge in [0.25, 0.3) is 0 Å². The Kier molecular flexibility index (Phi) is 3.17. The van der Waals surface area contributed by atoms with Crippen molar-refractivity contribution in [2.45, 2.75) is 13.0 Å². The van der Waals surface area contributed by atoms with Crippen molar-refractivity contribution in [3.05, 3.63) is 58.0 Å². The molecule has 0 aliphatic carbocycles. The zero-order chi connectivity index (χ0) is 12.6. The predicted octanol–water partition coefficient (Wildman–Crippen LogP) is 3.57. The van der Waals surface area contributed by atoms with Crippen LogP contribution in [0.1, 0.15) is 22.9 Å². The third kappa shape index (κ3) is 2.18. The highest BCUT2D eigenvalue weighted by molar-refractivity contribution is 6.31. The lowest BCUT2D eigenvalue weighted by molar-refractivity contribution is 0.480. The van der Waals surface area contributed by atoms with Gasteiger partial charge in [0.1, 0.15) is 5.76 Å². The van der Waals surface area contributed by atoms with Gasteiger partial charge in [-0.25, -0.2) is 8.78 Å². The van der Waals surface area contributed by atoms with E-state index in [2.05, 4.69) is 0 Å². The van der Waals surface area contributed by atoms with Crippen molar-refractivity contribution in [1.29, 1.82) is 0 Å². The number of rotatable bonds is 2. The van der Waals surface area contributed by atoms with E-state index in [9.17, 15) is 8.78 Å². The molecule has 0 saturated heterocycles. The van der Waals surface area contributed by atoms with Crippen molar-refractivity contribution in [2.75, 3.05) is 0 Å². The van der Waals surface area contributed by atoms with Crippen molar-refractivity contribution >= 4 is 11.6 Å². The fourth-order valence-electron chi connectivity index (χ4n) is 1.62. The van der Waals surface area contributed by atoms with Gasteiger partial charge in [-0.3, -0.25) is 0 Å². The minimum atomic E-state index is -0.998. The molecule has 2 aromatic rings. The summed E-state index contributed by atoms with van der Waals surface area (Å²) in [6, 6.07) is 2.92. The number of nitrogens with two attached hydrogens (primary N) is 1. The van der Waals surface area contributed by atoms with Crippen LogP contribution in [0.5, 0.6) is 0 Å². The van der Waals surface area contributed by atoms with Crippen molar-refractivity contribution in [1.82, 2.24) is 0 Å². The summed E-state index contributed by atoms with van der Waals surface area (Å²) in [5, 5.41) is 0.0761. The normalized spacial score (nSPS) is 12.8. The van der Waals surface area contributed by atoms with E-state index in [-0.39, 0.29) is 5.02 Å². The molecule has 1 atom stereocenters. The van der Waals surface area contributed by atoms with E-state index in [0.717, 1.165) is 17.7 Å². The lowest BCUT2D eigenvalue weighted by Gasteiger charge is -2.12. The van der Waals surface area contributed by atoms with Gasteiger partial charge in [-0.1, -0.05) is 11.6 Å². The molecule has 0 saturated carbocycles. The van der Waals surface area contributed by atoms with Crippen LogP contribution in [0.4, 0.5) is 8.78 Å². The Bertz CT molecular complexity index is 553. The van der Waals surface area contributed by atoms with Crippen molar-refractivity contribution in [3.63, 3.8) is 0 Å². The molecule has 1 aromatic carbocycles. The summed E-state index contributed by atoms with van der Waals surface area (Å²) in [6.45, 7) is 1.81. The van der Waals surface area contributed by atoms with E-state index in [4.69, 9.17) is 21.8 Å². The lowest BCUT2D eigenvalue weighted by atomic mass is 10.0. The van der Waals surface area contributed by atoms with Gasteiger partial charge in [0.05, 0.1) is 12.3 Å². The first-order valence-corrected chi connectivity index (χ1v) is 5.32. The lowest BCUT2D eigenvalue weighted by Crippen LogP contribution is -2.13. The fraction of sp³-hybridized carbons (Fsp3) is 0.167. The second kappa shape index (κ2) is 4.47. The summed E-state index contributed by atoms with van der Waals surface area (Å²) >= 11 is 5.84. The van der Waals surface area contributed by atoms with Crippen LogP contribution in [0.3, 0.4) is 0 Å². The average Bonchev–Trinajstić information content (AvgIpc) is 2.69. The minimum absolute atomic E-state index is 0.0761. The Labute approximate surface area is 102 Å². The molecule has 1 aromatic heterocycles. The molecule has 1 unspecified atom stereocenters. The van der Waals surface area contributed by atoms with Gasteiger partial charge >= 0.3 is 0 Å². The van der Waals surface area contributed by atoms with Crippen LogP contribution in [-0.4, -0.2) is 0 Å². The monoisotopic (exact) mass is 257 g/mol. The maximum absolute atomic E-state index is 13.1. The maximum atomic E-state index is 13.1. The predicted molar refractivity (Wildman–Crippen MR) is 60.8 cm³/mol. The highest BCUT2D eigenvalue weighted by Crippen LogP contribution is 2.30. The van der Waals surface area contributed by atoms with E-state index in [1.807, 2.05) is 6.92 Å². The summed E-state index contributed by atoms with van der Waals surface area (Å²) in [7, 11) is 0. The van der Waals surface area contributed by atoms with Gasteiger partial charge in [0, 0.05) is 5.02 Å². The molecular weight excluding hydrogens is 248 g/mol. The topological polar surface area (TPSA) is 39.2 Å². The highest BCUT2D eigenvalue weighted by Gasteiger charge is 2.19. The van der Waals surface area contributed by atoms with E-state index < -0.39 is 17.7 Å². The van der Waals surface area contributed by atoms with Crippen LogP contribution in [0, 0.1) is 18.6 Å². The van der Waals surface area contributed by atoms with Gasteiger partial charge in [-0.2, -0.15) is 0 Å². The third-order valence-corrected chi connectivity index (χ3v) is 2.89. The quantitative estimate of drug-likeness (QED) is 0.836. The second-order valence-electron chi connectivity index (χ2n) is 3.73. The fourth-order valence-corrected chi connectivity index (χ4v) is 1.89. The van der Waals surface area contributed by atoms with Crippen molar-refractivity contribution in [3.8, 4) is 0 Å². The van der Waals surface area contributed by atoms with Crippen LogP contribution < -0.4 is 5.73 Å². The van der Waals surface area contributed by atoms with Crippen LogP contribution >= 0.6 is 11.6 Å². The first-order chi connectivity index (χ1) is 8.00. The average molecular weight is 258 g/mol. The molecule has 0 aliphatic heterocycles. The molecule has 0 radical (unpaired) electrons. The smallest absolute Gasteiger partial charge is 0.160 e. The third-order valence-electron chi connectivity index (χ3n) is 2.56. The maximum Gasteiger partial charge on any atom is 0.160 e. The molecule has 90 valence electrons. The summed E-state index contributed by atoms with van der Waals surface area (Å²) in [5.41, 5.74) is 7.04. The van der Waals surface area contributed by atoms with Gasteiger partial charge < -0.3 is 10.2 Å². The Morgan fingerprint density at radius 3 is 2.53 bits per heavy atom. The number of hydrogen-bond donors (Lipinski definition) is 1. The van der Waals surface area contributed by atoms with Crippen LogP contribution in [0.2, 0.25) is 5.02 Å². The molecule has 2 nitrogen and oxygen atoms in total. The van der Waals surface area contributed by atoms with E-state index in [1.54, 1.807) is 6.07 Å². The molecule has 0 bridgehead atoms. The van der Waals surface area contributed by atoms with Gasteiger partial charge in [0.15, 0.2) is 11.6 Å². The SMILES string of the molecule is Cc1ccoc1C(N)c1cc(F)c(F)cc1Cl. The molecule has 0 aliphatic rings. The summed E-state index contributed by atoms with van der Waals surface area (Å²) in [5.74, 6) is -1.50. The summed E-state index contributed by atoms with van der Waals surface area (Å²) < 4.78 is 31.3. The number of halogens is 3. The Hall–Kier alpha value is -1.39. The van der Waals surface area contributed by atoms with E-state index in [1.165, 1.54) is 6.26 Å². The number of furan rings is 1. The molecule has 0 spiro atoms. The largest absolute Gasteiger partial charge is 0.467 e. The minimum Gasteiger partial charge on any atom is -0.467 e. The molecule has 2 N–H and O–H groups in total. The Morgan fingerprint density at radius 2 is 1.94 bits per heavy atom. The van der Waals surface area contributed by atoms with Crippen LogP contribution in [-0.2, 0) is 0 Å². The molecule has 0 fully saturated rings. The zero-order valence-corrected chi connectivity index (χ0v) is 9.76. The Morgan fingerprint density at radius 1 is 1.29 bits per heavy atom. The molecule has 2 rings (SSSR count). The van der Waals surface area contributed by atoms with Gasteiger partial charge in [-0.15, -0.1) is 0 Å².